The summed E-state index contributed by atoms with van der Waals surface area (Å²) in [4.78, 5) is 78.6. The first-order chi connectivity index (χ1) is 45.9. The third-order valence-electron chi connectivity index (χ3n) is 21.5. The number of aliphatic hydroxyl groups excluding tert-OH is 1. The van der Waals surface area contributed by atoms with E-state index >= 15 is 0 Å². The lowest BCUT2D eigenvalue weighted by molar-refractivity contribution is -0.248. The summed E-state index contributed by atoms with van der Waals surface area (Å²) in [6.45, 7) is 24.7. The summed E-state index contributed by atoms with van der Waals surface area (Å²) in [5.74, 6) is 0.700. The van der Waals surface area contributed by atoms with Crippen molar-refractivity contribution in [1.82, 2.24) is 60.7 Å². The van der Waals surface area contributed by atoms with E-state index in [0.717, 1.165) is 143 Å². The largest absolute Gasteiger partial charge is 0.391 e. The van der Waals surface area contributed by atoms with Crippen LogP contribution in [0.15, 0.2) is 72.4 Å². The Morgan fingerprint density at radius 2 is 1.59 bits per heavy atom. The number of nitrogens with zero attached hydrogens (tertiary/aromatic N) is 10. The van der Waals surface area contributed by atoms with Gasteiger partial charge < -0.3 is 45.8 Å². The summed E-state index contributed by atoms with van der Waals surface area (Å²) in [5, 5.41) is 39.1. The van der Waals surface area contributed by atoms with Crippen molar-refractivity contribution in [2.45, 2.75) is 201 Å². The first kappa shape index (κ1) is 67.3. The van der Waals surface area contributed by atoms with Gasteiger partial charge in [0.05, 0.1) is 56.8 Å². The average molecular weight is 1340 g/mol. The first-order valence-corrected chi connectivity index (χ1v) is 36.7. The number of ether oxygens (including phenoxy) is 1. The maximum atomic E-state index is 14.9. The minimum absolute atomic E-state index is 0.00924. The van der Waals surface area contributed by atoms with Gasteiger partial charge in [-0.1, -0.05) is 95.2 Å². The summed E-state index contributed by atoms with van der Waals surface area (Å²) in [6, 6.07) is 17.9. The average Bonchev–Trinajstić information content (AvgIpc) is 0.825. The van der Waals surface area contributed by atoms with E-state index in [9.17, 15) is 24.3 Å². The first-order valence-electron chi connectivity index (χ1n) is 35.0. The number of hydrogen-bond acceptors (Lipinski definition) is 17. The van der Waals surface area contributed by atoms with Crippen LogP contribution in [0.4, 0.5) is 22.6 Å². The maximum Gasteiger partial charge on any atom is 0.270 e. The van der Waals surface area contributed by atoms with E-state index in [0.29, 0.717) is 48.8 Å². The van der Waals surface area contributed by atoms with Gasteiger partial charge in [0.1, 0.15) is 23.6 Å². The number of β-amino-alcohol motifs (C(OH)–C–C–N with tert-alkyl or cyclic N) is 1. The van der Waals surface area contributed by atoms with Crippen LogP contribution in [0.2, 0.25) is 0 Å². The van der Waals surface area contributed by atoms with Crippen LogP contribution in [0, 0.1) is 42.4 Å². The molecule has 4 amide bonds. The molecule has 2 unspecified atom stereocenters. The lowest BCUT2D eigenvalue weighted by Crippen LogP contribution is -2.64. The van der Waals surface area contributed by atoms with Crippen LogP contribution in [-0.4, -0.2) is 143 Å². The van der Waals surface area contributed by atoms with E-state index in [2.05, 4.69) is 74.5 Å². The number of benzene rings is 2. The number of para-hydroxylation sites is 1. The molecule has 7 aliphatic rings. The number of pyridine rings is 1. The van der Waals surface area contributed by atoms with Gasteiger partial charge in [-0.2, -0.15) is 5.10 Å². The second-order valence-corrected chi connectivity index (χ2v) is 32.7. The van der Waals surface area contributed by atoms with Crippen molar-refractivity contribution in [3.63, 3.8) is 0 Å². The molecule has 510 valence electrons. The van der Waals surface area contributed by atoms with Gasteiger partial charge in [0.25, 0.3) is 5.91 Å². The molecule has 20 nitrogen and oxygen atoms in total. The van der Waals surface area contributed by atoms with E-state index in [1.54, 1.807) is 22.7 Å². The number of carbonyl (C=O) groups excluding carboxylic acids is 4. The quantitative estimate of drug-likeness (QED) is 0.0354. The number of aliphatic hydroxyl groups is 1. The monoisotopic (exact) mass is 1340 g/mol. The fourth-order valence-electron chi connectivity index (χ4n) is 18.0. The summed E-state index contributed by atoms with van der Waals surface area (Å²) in [7, 11) is 0. The molecule has 5 aromatic heterocycles. The van der Waals surface area contributed by atoms with Crippen molar-refractivity contribution in [3.8, 4) is 21.6 Å². The second-order valence-electron chi connectivity index (χ2n) is 30.8. The Morgan fingerprint density at radius 3 is 2.33 bits per heavy atom. The molecule has 7 aromatic rings. The summed E-state index contributed by atoms with van der Waals surface area (Å²) >= 11 is 3.16. The molecule has 4 saturated carbocycles. The van der Waals surface area contributed by atoms with Gasteiger partial charge in [-0.25, -0.2) is 15.0 Å². The Bertz CT molecular complexity index is 3970. The fourth-order valence-corrected chi connectivity index (χ4v) is 19.6. The van der Waals surface area contributed by atoms with Crippen LogP contribution < -0.4 is 26.2 Å². The van der Waals surface area contributed by atoms with Crippen molar-refractivity contribution in [2.24, 2.45) is 21.7 Å². The Labute approximate surface area is 572 Å². The minimum atomic E-state index is -0.931. The molecule has 6 fully saturated rings. The lowest BCUT2D eigenvalue weighted by Gasteiger charge is -2.69. The van der Waals surface area contributed by atoms with Crippen LogP contribution in [0.25, 0.3) is 31.8 Å². The number of nitrogens with one attached hydrogen (secondary N) is 4. The van der Waals surface area contributed by atoms with Crippen LogP contribution in [0.5, 0.6) is 0 Å². The van der Waals surface area contributed by atoms with Crippen molar-refractivity contribution >= 4 is 79.1 Å². The normalized spacial score (nSPS) is 24.5. The molecular weight excluding hydrogens is 1250 g/mol. The van der Waals surface area contributed by atoms with Crippen LogP contribution in [0.3, 0.4) is 0 Å². The van der Waals surface area contributed by atoms with Gasteiger partial charge in [0.15, 0.2) is 16.8 Å². The predicted octanol–water partition coefficient (Wildman–Crippen LogP) is 12.5. The standard InChI is InChI=1S/C74H96N14O6S2/c1-46-53-19-18-32-86(65(53)84-83-64(46)82-69-79-56-20-13-14-21-58(56)96-69)59-28-27-54(55-36-77-88(49(55)4)44-73-39-71(8)38-72(9,40-73)42-74(41-71,43-73)94-34-33-85-30-16-17-31-85)61(80-59)67(92)75-29-15-11-10-12-22-60(90)81-63(70(5,6)7)68(93)87-37-52(89)35-57(87)66(91)78-47(2)50-23-25-51(26-24-50)62-48(3)76-45-95-62/h13-14,20-21,23-28,36,45,47,52,57,63,89H,10-12,15-19,22,29-35,37-44H2,1-9H3,(H,75,92)(H,78,91)(H,81,90)(H,79,82,83)/t47-,52+,57-,63+,71?,72?,73?,74?/m0/s1. The third-order valence-corrected chi connectivity index (χ3v) is 23.4. The highest BCUT2D eigenvalue weighted by atomic mass is 32.1. The molecule has 0 spiro atoms. The van der Waals surface area contributed by atoms with E-state index in [4.69, 9.17) is 30.0 Å². The van der Waals surface area contributed by atoms with Crippen molar-refractivity contribution < 1.29 is 29.0 Å². The smallest absolute Gasteiger partial charge is 0.270 e. The van der Waals surface area contributed by atoms with Gasteiger partial charge in [-0.3, -0.25) is 23.9 Å². The second kappa shape index (κ2) is 27.2. The summed E-state index contributed by atoms with van der Waals surface area (Å²) in [5.41, 5.74) is 10.3. The Kier molecular flexibility index (Phi) is 19.1. The molecule has 3 aliphatic heterocycles. The van der Waals surface area contributed by atoms with Crippen LogP contribution in [0.1, 0.15) is 182 Å². The van der Waals surface area contributed by atoms with E-state index in [1.807, 2.05) is 101 Å². The van der Waals surface area contributed by atoms with Gasteiger partial charge in [-0.05, 0) is 175 Å². The molecule has 2 saturated heterocycles. The highest BCUT2D eigenvalue weighted by Crippen LogP contribution is 2.72. The number of carbonyl (C=O) groups is 4. The molecule has 96 heavy (non-hydrogen) atoms. The number of anilines is 4. The molecule has 14 rings (SSSR count). The number of amides is 4. The highest BCUT2D eigenvalue weighted by molar-refractivity contribution is 7.22. The topological polar surface area (TPSA) is 238 Å². The number of aromatic nitrogens is 7. The zero-order chi connectivity index (χ0) is 67.3. The number of aryl methyl sites for hydroxylation is 1. The number of unbranched alkanes of at least 4 members (excludes halogenated alkanes) is 3. The summed E-state index contributed by atoms with van der Waals surface area (Å²) in [6.07, 6.45) is 15.1. The Morgan fingerprint density at radius 1 is 0.833 bits per heavy atom. The van der Waals surface area contributed by atoms with Gasteiger partial charge in [-0.15, -0.1) is 21.5 Å². The Hall–Kier alpha value is -7.24. The molecule has 4 bridgehead atoms. The highest BCUT2D eigenvalue weighted by Gasteiger charge is 2.66. The molecule has 6 atom stereocenters. The van der Waals surface area contributed by atoms with E-state index in [1.165, 1.54) is 37.3 Å². The number of fused-ring (bicyclic) bond motifs is 2. The van der Waals surface area contributed by atoms with E-state index < -0.39 is 29.5 Å². The maximum absolute atomic E-state index is 14.9. The fraction of sp³-hybridized carbons (Fsp3) is 0.568. The van der Waals surface area contributed by atoms with Crippen LogP contribution >= 0.6 is 22.7 Å². The summed E-state index contributed by atoms with van der Waals surface area (Å²) < 4.78 is 10.4. The van der Waals surface area contributed by atoms with Gasteiger partial charge in [0, 0.05) is 73.5 Å². The zero-order valence-electron chi connectivity index (χ0n) is 57.5. The van der Waals surface area contributed by atoms with Crippen molar-refractivity contribution in [2.75, 3.05) is 56.1 Å². The number of likely N-dealkylation sites (tertiary alicyclic amines) is 2. The van der Waals surface area contributed by atoms with Crippen molar-refractivity contribution in [1.29, 1.82) is 0 Å². The molecule has 8 heterocycles. The Balaban J connectivity index is 0.665. The number of hydrogen-bond donors (Lipinski definition) is 5. The SMILES string of the molecule is Cc1ncsc1-c1ccc([C@H](C)NC(=O)[C@@H]2C[C@@H](O)CN2C(=O)[C@@H](NC(=O)CCCCCCNC(=O)c2nc(N3CCCc4c3nnc(Nc3nc5ccccc5s3)c4C)ccc2-c2cnn(CC34CC5(C)CC(C)(C3)CC(OCCN3CCCC3)(C5)C4)c2C)C(C)(C)C)cc1. The van der Waals surface area contributed by atoms with Crippen LogP contribution in [-0.2, 0) is 32.1 Å². The molecular formula is C74H96N14O6S2. The number of thiazole rings is 2. The van der Waals surface area contributed by atoms with Gasteiger partial charge >= 0.3 is 0 Å². The lowest BCUT2D eigenvalue weighted by atomic mass is 9.39. The zero-order valence-corrected chi connectivity index (χ0v) is 59.1. The van der Waals surface area contributed by atoms with Gasteiger partial charge in [0.2, 0.25) is 17.7 Å². The van der Waals surface area contributed by atoms with Crippen molar-refractivity contribution in [3.05, 3.63) is 106 Å². The minimum Gasteiger partial charge on any atom is -0.391 e. The molecule has 0 radical (unpaired) electrons. The molecule has 5 N–H and O–H groups in total. The predicted molar refractivity (Wildman–Crippen MR) is 378 cm³/mol. The third kappa shape index (κ3) is 14.2. The number of rotatable bonds is 24. The molecule has 2 aromatic carbocycles. The van der Waals surface area contributed by atoms with E-state index in [-0.39, 0.29) is 65.0 Å². The molecule has 4 aliphatic carbocycles. The molecule has 22 heteroatoms.